The molecule has 12 heavy (non-hydrogen) atoms. The van der Waals surface area contributed by atoms with Crippen LogP contribution in [0.3, 0.4) is 0 Å². The molecule has 0 heterocycles. The van der Waals surface area contributed by atoms with Gasteiger partial charge in [-0.1, -0.05) is 18.2 Å². The molecule has 0 aromatic heterocycles. The number of aromatic hydroxyl groups is 1. The number of rotatable bonds is 1. The third-order valence-corrected chi connectivity index (χ3v) is 2.59. The number of phenols is 1. The van der Waals surface area contributed by atoms with Crippen LogP contribution < -0.4 is 0 Å². The second kappa shape index (κ2) is 2.49. The lowest BCUT2D eigenvalue weighted by Gasteiger charge is -2.37. The first kappa shape index (κ1) is 7.62. The monoisotopic (exact) mass is 164 g/mol. The highest BCUT2D eigenvalue weighted by Crippen LogP contribution is 2.44. The van der Waals surface area contributed by atoms with Crippen LogP contribution in [0.1, 0.15) is 24.8 Å². The van der Waals surface area contributed by atoms with Crippen LogP contribution in [0.25, 0.3) is 0 Å². The van der Waals surface area contributed by atoms with Gasteiger partial charge in [-0.05, 0) is 25.3 Å². The fourth-order valence-corrected chi connectivity index (χ4v) is 1.65. The largest absolute Gasteiger partial charge is 0.508 e. The molecule has 2 heteroatoms. The molecule has 0 bridgehead atoms. The first-order valence-electron chi connectivity index (χ1n) is 4.23. The van der Waals surface area contributed by atoms with Crippen molar-refractivity contribution in [3.8, 4) is 5.75 Å². The number of benzene rings is 1. The maximum Gasteiger partial charge on any atom is 0.121 e. The highest BCUT2D eigenvalue weighted by atomic mass is 16.3. The van der Waals surface area contributed by atoms with E-state index in [1.165, 1.54) is 0 Å². The lowest BCUT2D eigenvalue weighted by atomic mass is 9.75. The zero-order valence-corrected chi connectivity index (χ0v) is 6.83. The zero-order chi connectivity index (χ0) is 8.60. The van der Waals surface area contributed by atoms with Crippen molar-refractivity contribution >= 4 is 0 Å². The van der Waals surface area contributed by atoms with Crippen LogP contribution in [0.15, 0.2) is 24.3 Å². The van der Waals surface area contributed by atoms with E-state index in [1.807, 2.05) is 6.07 Å². The van der Waals surface area contributed by atoms with Crippen molar-refractivity contribution in [2.45, 2.75) is 24.9 Å². The molecule has 1 aromatic rings. The van der Waals surface area contributed by atoms with Gasteiger partial charge in [0.15, 0.2) is 0 Å². The maximum absolute atomic E-state index is 9.90. The third-order valence-electron chi connectivity index (χ3n) is 2.59. The Morgan fingerprint density at radius 2 is 1.83 bits per heavy atom. The molecule has 64 valence electrons. The average molecular weight is 164 g/mol. The van der Waals surface area contributed by atoms with Gasteiger partial charge in [-0.25, -0.2) is 0 Å². The maximum atomic E-state index is 9.90. The molecule has 0 atom stereocenters. The van der Waals surface area contributed by atoms with E-state index in [9.17, 15) is 10.2 Å². The summed E-state index contributed by atoms with van der Waals surface area (Å²) in [4.78, 5) is 0. The molecule has 0 saturated heterocycles. The van der Waals surface area contributed by atoms with Crippen LogP contribution in [0.2, 0.25) is 0 Å². The summed E-state index contributed by atoms with van der Waals surface area (Å²) in [6, 6.07) is 7.01. The number of hydrogen-bond donors (Lipinski definition) is 2. The summed E-state index contributed by atoms with van der Waals surface area (Å²) in [5.41, 5.74) is -0.0676. The van der Waals surface area contributed by atoms with Crippen molar-refractivity contribution in [1.82, 2.24) is 0 Å². The molecule has 0 amide bonds. The van der Waals surface area contributed by atoms with Gasteiger partial charge in [0.2, 0.25) is 0 Å². The normalized spacial score (nSPS) is 20.1. The van der Waals surface area contributed by atoms with Crippen LogP contribution in [-0.4, -0.2) is 10.2 Å². The minimum absolute atomic E-state index is 0.208. The average Bonchev–Trinajstić information content (AvgIpc) is 2.01. The van der Waals surface area contributed by atoms with Gasteiger partial charge in [0.05, 0.1) is 5.60 Å². The van der Waals surface area contributed by atoms with Crippen molar-refractivity contribution in [1.29, 1.82) is 0 Å². The van der Waals surface area contributed by atoms with E-state index in [2.05, 4.69) is 0 Å². The topological polar surface area (TPSA) is 40.5 Å². The van der Waals surface area contributed by atoms with Crippen LogP contribution in [0, 0.1) is 0 Å². The van der Waals surface area contributed by atoms with Crippen molar-refractivity contribution in [2.24, 2.45) is 0 Å². The molecule has 0 radical (unpaired) electrons. The Morgan fingerprint density at radius 3 is 2.33 bits per heavy atom. The fraction of sp³-hybridized carbons (Fsp3) is 0.400. The summed E-state index contributed by atoms with van der Waals surface area (Å²) in [6.07, 6.45) is 2.58. The van der Waals surface area contributed by atoms with Gasteiger partial charge in [0, 0.05) is 5.56 Å². The van der Waals surface area contributed by atoms with E-state index in [4.69, 9.17) is 0 Å². The van der Waals surface area contributed by atoms with Crippen LogP contribution >= 0.6 is 0 Å². The summed E-state index contributed by atoms with van der Waals surface area (Å²) < 4.78 is 0. The molecule has 1 aromatic carbocycles. The van der Waals surface area contributed by atoms with Crippen molar-refractivity contribution in [3.63, 3.8) is 0 Å². The quantitative estimate of drug-likeness (QED) is 0.664. The van der Waals surface area contributed by atoms with Crippen molar-refractivity contribution in [2.75, 3.05) is 0 Å². The zero-order valence-electron chi connectivity index (χ0n) is 6.83. The molecule has 0 aliphatic heterocycles. The van der Waals surface area contributed by atoms with Gasteiger partial charge in [-0.3, -0.25) is 0 Å². The molecule has 1 saturated carbocycles. The highest BCUT2D eigenvalue weighted by Gasteiger charge is 2.37. The Balaban J connectivity index is 2.39. The van der Waals surface area contributed by atoms with Crippen LogP contribution in [0.5, 0.6) is 5.75 Å². The van der Waals surface area contributed by atoms with Gasteiger partial charge in [-0.2, -0.15) is 0 Å². The second-order valence-electron chi connectivity index (χ2n) is 3.40. The number of hydrogen-bond acceptors (Lipinski definition) is 2. The third kappa shape index (κ3) is 0.994. The molecular weight excluding hydrogens is 152 g/mol. The van der Waals surface area contributed by atoms with E-state index in [0.717, 1.165) is 19.3 Å². The van der Waals surface area contributed by atoms with Gasteiger partial charge in [0.1, 0.15) is 5.75 Å². The van der Waals surface area contributed by atoms with Gasteiger partial charge in [-0.15, -0.1) is 0 Å². The van der Waals surface area contributed by atoms with Crippen molar-refractivity contribution in [3.05, 3.63) is 29.8 Å². The number of para-hydroxylation sites is 1. The van der Waals surface area contributed by atoms with Crippen LogP contribution in [-0.2, 0) is 5.60 Å². The predicted octanol–water partition coefficient (Wildman–Crippen LogP) is 1.76. The molecule has 2 nitrogen and oxygen atoms in total. The van der Waals surface area contributed by atoms with Gasteiger partial charge < -0.3 is 10.2 Å². The van der Waals surface area contributed by atoms with Gasteiger partial charge >= 0.3 is 0 Å². The lowest BCUT2D eigenvalue weighted by Crippen LogP contribution is -2.33. The fourth-order valence-electron chi connectivity index (χ4n) is 1.65. The summed E-state index contributed by atoms with van der Waals surface area (Å²) in [6.45, 7) is 0. The molecule has 2 N–H and O–H groups in total. The Kier molecular flexibility index (Phi) is 1.58. The van der Waals surface area contributed by atoms with Gasteiger partial charge in [0.25, 0.3) is 0 Å². The predicted molar refractivity (Wildman–Crippen MR) is 45.9 cm³/mol. The smallest absolute Gasteiger partial charge is 0.121 e. The molecule has 1 fully saturated rings. The Hall–Kier alpha value is -1.02. The van der Waals surface area contributed by atoms with Crippen LogP contribution in [0.4, 0.5) is 0 Å². The molecule has 1 aliphatic rings. The van der Waals surface area contributed by atoms with E-state index in [1.54, 1.807) is 18.2 Å². The summed E-state index contributed by atoms with van der Waals surface area (Å²) in [7, 11) is 0. The SMILES string of the molecule is Oc1ccccc1C1(O)CCC1. The molecule has 0 unspecified atom stereocenters. The van der Waals surface area contributed by atoms with Crippen molar-refractivity contribution < 1.29 is 10.2 Å². The summed E-state index contributed by atoms with van der Waals surface area (Å²) >= 11 is 0. The number of aliphatic hydroxyl groups is 1. The minimum atomic E-state index is -0.745. The first-order chi connectivity index (χ1) is 5.72. The highest BCUT2D eigenvalue weighted by molar-refractivity contribution is 5.37. The Morgan fingerprint density at radius 1 is 1.17 bits per heavy atom. The summed E-state index contributed by atoms with van der Waals surface area (Å²) in [5, 5.41) is 19.4. The number of phenolic OH excluding ortho intramolecular Hbond substituents is 1. The molecule has 1 aliphatic carbocycles. The lowest BCUT2D eigenvalue weighted by molar-refractivity contribution is -0.0404. The summed E-state index contributed by atoms with van der Waals surface area (Å²) in [5.74, 6) is 0.208. The standard InChI is InChI=1S/C10H12O2/c11-9-5-2-1-4-8(9)10(12)6-3-7-10/h1-2,4-5,11-12H,3,6-7H2. The molecule has 2 rings (SSSR count). The van der Waals surface area contributed by atoms with E-state index in [-0.39, 0.29) is 5.75 Å². The minimum Gasteiger partial charge on any atom is -0.508 e. The van der Waals surface area contributed by atoms with E-state index < -0.39 is 5.60 Å². The first-order valence-corrected chi connectivity index (χ1v) is 4.23. The molecule has 0 spiro atoms. The molecular formula is C10H12O2. The Labute approximate surface area is 71.5 Å². The van der Waals surface area contributed by atoms with E-state index in [0.29, 0.717) is 5.56 Å². The Bertz CT molecular complexity index is 290. The van der Waals surface area contributed by atoms with E-state index >= 15 is 0 Å². The second-order valence-corrected chi connectivity index (χ2v) is 3.40.